The molecule has 0 aliphatic carbocycles. The maximum Gasteiger partial charge on any atom is 0.239 e. The normalized spacial score (nSPS) is 25.0. The number of benzene rings is 2. The van der Waals surface area contributed by atoms with Crippen LogP contribution in [0, 0.1) is 23.4 Å². The minimum absolute atomic E-state index is 0.0277. The molecule has 0 spiro atoms. The molecule has 2 aromatic carbocycles. The van der Waals surface area contributed by atoms with Crippen LogP contribution < -0.4 is 5.73 Å². The fourth-order valence-corrected chi connectivity index (χ4v) is 7.25. The Labute approximate surface area is 202 Å². The smallest absolute Gasteiger partial charge is 0.239 e. The first-order chi connectivity index (χ1) is 16.6. The van der Waals surface area contributed by atoms with Gasteiger partial charge in [0.2, 0.25) is 15.9 Å². The van der Waals surface area contributed by atoms with E-state index in [1.54, 1.807) is 4.90 Å². The van der Waals surface area contributed by atoms with Crippen LogP contribution in [0.1, 0.15) is 42.4 Å². The summed E-state index contributed by atoms with van der Waals surface area (Å²) in [6, 6.07) is 8.17. The molecule has 2 N–H and O–H groups in total. The van der Waals surface area contributed by atoms with E-state index in [-0.39, 0.29) is 43.1 Å². The molecule has 6 nitrogen and oxygen atoms in total. The van der Waals surface area contributed by atoms with Gasteiger partial charge in [-0.3, -0.25) is 4.79 Å². The Kier molecular flexibility index (Phi) is 6.39. The SMILES string of the molecule is N[C@H](Cc1cc(F)c(F)cc1F)[C@@H]1C[C@H]2CC[C@@H](C1)N2C(=O)CS(=O)(=O)N1Cc2ccccc2C1. The average Bonchev–Trinajstić information content (AvgIpc) is 3.36. The van der Waals surface area contributed by atoms with Crippen LogP contribution in [0.15, 0.2) is 36.4 Å². The van der Waals surface area contributed by atoms with Gasteiger partial charge in [-0.25, -0.2) is 21.6 Å². The van der Waals surface area contributed by atoms with Gasteiger partial charge in [0.25, 0.3) is 0 Å². The van der Waals surface area contributed by atoms with E-state index in [0.717, 1.165) is 30.0 Å². The van der Waals surface area contributed by atoms with E-state index in [1.165, 1.54) is 4.31 Å². The Balaban J connectivity index is 1.22. The van der Waals surface area contributed by atoms with E-state index in [4.69, 9.17) is 5.73 Å². The van der Waals surface area contributed by atoms with Gasteiger partial charge in [0.1, 0.15) is 11.6 Å². The van der Waals surface area contributed by atoms with Crippen LogP contribution in [-0.4, -0.2) is 47.4 Å². The van der Waals surface area contributed by atoms with E-state index >= 15 is 0 Å². The third-order valence-corrected chi connectivity index (χ3v) is 9.38. The van der Waals surface area contributed by atoms with E-state index in [9.17, 15) is 26.4 Å². The zero-order valence-electron chi connectivity index (χ0n) is 19.2. The second-order valence-corrected chi connectivity index (χ2v) is 11.9. The van der Waals surface area contributed by atoms with Crippen molar-refractivity contribution in [1.29, 1.82) is 0 Å². The van der Waals surface area contributed by atoms with Crippen molar-refractivity contribution in [2.75, 3.05) is 5.75 Å². The highest BCUT2D eigenvalue weighted by atomic mass is 32.2. The minimum Gasteiger partial charge on any atom is -0.336 e. The van der Waals surface area contributed by atoms with Crippen LogP contribution in [0.25, 0.3) is 0 Å². The first kappa shape index (κ1) is 24.3. The molecule has 2 aromatic rings. The van der Waals surface area contributed by atoms with Crippen molar-refractivity contribution in [3.8, 4) is 0 Å². The monoisotopic (exact) mass is 507 g/mol. The largest absolute Gasteiger partial charge is 0.336 e. The lowest BCUT2D eigenvalue weighted by molar-refractivity contribution is -0.133. The quantitative estimate of drug-likeness (QED) is 0.610. The second-order valence-electron chi connectivity index (χ2n) is 9.94. The van der Waals surface area contributed by atoms with E-state index < -0.39 is 45.2 Å². The molecular weight excluding hydrogens is 479 g/mol. The van der Waals surface area contributed by atoms with Crippen LogP contribution in [0.3, 0.4) is 0 Å². The summed E-state index contributed by atoms with van der Waals surface area (Å²) in [5, 5.41) is 0. The number of piperidine rings is 1. The van der Waals surface area contributed by atoms with Gasteiger partial charge in [-0.05, 0) is 60.8 Å². The number of sulfonamides is 1. The molecule has 0 unspecified atom stereocenters. The molecule has 5 rings (SSSR count). The van der Waals surface area contributed by atoms with Crippen LogP contribution in [-0.2, 0) is 34.3 Å². The number of rotatable bonds is 6. The summed E-state index contributed by atoms with van der Waals surface area (Å²) in [5.74, 6) is -4.18. The first-order valence-corrected chi connectivity index (χ1v) is 13.5. The van der Waals surface area contributed by atoms with Crippen molar-refractivity contribution < 1.29 is 26.4 Å². The number of carbonyl (C=O) groups is 1. The van der Waals surface area contributed by atoms with Gasteiger partial charge in [0.05, 0.1) is 0 Å². The zero-order chi connectivity index (χ0) is 24.9. The van der Waals surface area contributed by atoms with Crippen LogP contribution in [0.4, 0.5) is 13.2 Å². The maximum atomic E-state index is 14.1. The molecule has 2 bridgehead atoms. The summed E-state index contributed by atoms with van der Waals surface area (Å²) in [4.78, 5) is 14.9. The summed E-state index contributed by atoms with van der Waals surface area (Å²) in [6.07, 6.45) is 2.72. The summed E-state index contributed by atoms with van der Waals surface area (Å²) in [5.41, 5.74) is 8.29. The van der Waals surface area contributed by atoms with Crippen molar-refractivity contribution >= 4 is 15.9 Å². The average molecular weight is 508 g/mol. The minimum atomic E-state index is -3.77. The Morgan fingerprint density at radius 3 is 2.14 bits per heavy atom. The summed E-state index contributed by atoms with van der Waals surface area (Å²) >= 11 is 0. The van der Waals surface area contributed by atoms with Gasteiger partial charge in [-0.2, -0.15) is 4.31 Å². The standard InChI is InChI=1S/C25H28F3N3O3S/c26-21-11-23(28)22(27)9-17(21)10-24(29)18-7-19-5-6-20(8-18)31(19)25(32)14-35(33,34)30-12-15-3-1-2-4-16(15)13-30/h1-4,9,11,18-20,24H,5-8,10,12-14,29H2/t18-,19-,20+,24-/m1/s1. The topological polar surface area (TPSA) is 83.7 Å². The predicted octanol–water partition coefficient (Wildman–Crippen LogP) is 3.09. The number of amides is 1. The van der Waals surface area contributed by atoms with Gasteiger partial charge in [0.15, 0.2) is 11.6 Å². The van der Waals surface area contributed by atoms with Crippen LogP contribution in [0.2, 0.25) is 0 Å². The van der Waals surface area contributed by atoms with Crippen LogP contribution in [0.5, 0.6) is 0 Å². The van der Waals surface area contributed by atoms with E-state index in [0.29, 0.717) is 18.9 Å². The molecule has 3 aliphatic rings. The molecule has 0 radical (unpaired) electrons. The van der Waals surface area contributed by atoms with Crippen molar-refractivity contribution in [2.45, 2.75) is 63.3 Å². The highest BCUT2D eigenvalue weighted by molar-refractivity contribution is 7.89. The molecule has 35 heavy (non-hydrogen) atoms. The van der Waals surface area contributed by atoms with Gasteiger partial charge in [-0.1, -0.05) is 24.3 Å². The van der Waals surface area contributed by atoms with E-state index in [1.807, 2.05) is 24.3 Å². The van der Waals surface area contributed by atoms with Gasteiger partial charge >= 0.3 is 0 Å². The molecule has 3 aliphatic heterocycles. The highest BCUT2D eigenvalue weighted by Gasteiger charge is 2.46. The predicted molar refractivity (Wildman–Crippen MR) is 124 cm³/mol. The van der Waals surface area contributed by atoms with Crippen molar-refractivity contribution in [1.82, 2.24) is 9.21 Å². The summed E-state index contributed by atoms with van der Waals surface area (Å²) in [7, 11) is -3.77. The maximum absolute atomic E-state index is 14.1. The molecule has 188 valence electrons. The number of halogens is 3. The Bertz CT molecular complexity index is 1220. The number of hydrogen-bond donors (Lipinski definition) is 1. The third-order valence-electron chi connectivity index (χ3n) is 7.72. The number of carbonyl (C=O) groups excluding carboxylic acids is 1. The van der Waals surface area contributed by atoms with Crippen molar-refractivity contribution in [3.63, 3.8) is 0 Å². The van der Waals surface area contributed by atoms with Gasteiger partial charge < -0.3 is 10.6 Å². The molecule has 0 aromatic heterocycles. The molecule has 0 saturated carbocycles. The molecule has 2 fully saturated rings. The number of nitrogens with zero attached hydrogens (tertiary/aromatic N) is 2. The fraction of sp³-hybridized carbons (Fsp3) is 0.480. The lowest BCUT2D eigenvalue weighted by Gasteiger charge is -2.41. The Morgan fingerprint density at radius 2 is 1.54 bits per heavy atom. The third kappa shape index (κ3) is 4.71. The molecule has 1 amide bonds. The van der Waals surface area contributed by atoms with Crippen molar-refractivity contribution in [3.05, 3.63) is 70.5 Å². The summed E-state index contributed by atoms with van der Waals surface area (Å²) in [6.45, 7) is 0.548. The lowest BCUT2D eigenvalue weighted by atomic mass is 9.82. The molecule has 4 atom stereocenters. The molecule has 3 heterocycles. The zero-order valence-corrected chi connectivity index (χ0v) is 20.0. The number of nitrogens with two attached hydrogens (primary N) is 1. The summed E-state index contributed by atoms with van der Waals surface area (Å²) < 4.78 is 68.3. The van der Waals surface area contributed by atoms with Crippen molar-refractivity contribution in [2.24, 2.45) is 11.7 Å². The highest BCUT2D eigenvalue weighted by Crippen LogP contribution is 2.40. The number of fused-ring (bicyclic) bond motifs is 3. The second kappa shape index (κ2) is 9.22. The molecule has 10 heteroatoms. The Hall–Kier alpha value is -2.43. The van der Waals surface area contributed by atoms with E-state index in [2.05, 4.69) is 0 Å². The number of hydrogen-bond acceptors (Lipinski definition) is 4. The first-order valence-electron chi connectivity index (χ1n) is 11.9. The molecule has 2 saturated heterocycles. The van der Waals surface area contributed by atoms with Crippen LogP contribution >= 0.6 is 0 Å². The lowest BCUT2D eigenvalue weighted by Crippen LogP contribution is -2.52. The van der Waals surface area contributed by atoms with Gasteiger partial charge in [-0.15, -0.1) is 0 Å². The fourth-order valence-electron chi connectivity index (χ4n) is 5.94. The van der Waals surface area contributed by atoms with Gasteiger partial charge in [0, 0.05) is 37.3 Å². The molecular formula is C25H28F3N3O3S. The Morgan fingerprint density at radius 1 is 0.971 bits per heavy atom.